The summed E-state index contributed by atoms with van der Waals surface area (Å²) in [6.07, 6.45) is 3.77. The molecule has 5 heteroatoms. The summed E-state index contributed by atoms with van der Waals surface area (Å²) in [6.45, 7) is 6.79. The van der Waals surface area contributed by atoms with E-state index in [0.29, 0.717) is 5.82 Å². The first kappa shape index (κ1) is 38.7. The topological polar surface area (TPSA) is 64.5 Å². The third kappa shape index (κ3) is 7.37. The zero-order valence-electron chi connectivity index (χ0n) is 35.9. The van der Waals surface area contributed by atoms with Crippen molar-refractivity contribution >= 4 is 32.6 Å². The van der Waals surface area contributed by atoms with Gasteiger partial charge in [-0.25, -0.2) is 19.9 Å². The molecule has 0 aliphatic heterocycles. The molecule has 0 bridgehead atoms. The van der Waals surface area contributed by atoms with Crippen LogP contribution in [-0.2, 0) is 5.41 Å². The van der Waals surface area contributed by atoms with Gasteiger partial charge in [0.25, 0.3) is 0 Å². The lowest BCUT2D eigenvalue weighted by Crippen LogP contribution is -2.12. The first-order chi connectivity index (χ1) is 31.3. The maximum atomic E-state index is 5.36. The molecule has 11 rings (SSSR count). The van der Waals surface area contributed by atoms with E-state index in [1.54, 1.807) is 0 Å². The van der Waals surface area contributed by atoms with Crippen LogP contribution in [0.4, 0.5) is 0 Å². The Morgan fingerprint density at radius 2 is 0.891 bits per heavy atom. The molecule has 64 heavy (non-hydrogen) atoms. The Kier molecular flexibility index (Phi) is 9.66. The van der Waals surface area contributed by atoms with Crippen LogP contribution in [0.5, 0.6) is 0 Å². The second-order valence-electron chi connectivity index (χ2n) is 17.4. The van der Waals surface area contributed by atoms with E-state index in [1.165, 1.54) is 5.56 Å². The largest absolute Gasteiger partial charge is 0.264 e. The molecule has 304 valence electrons. The van der Waals surface area contributed by atoms with Crippen LogP contribution in [0.3, 0.4) is 0 Å². The number of fused-ring (bicyclic) bond motifs is 4. The smallest absolute Gasteiger partial charge is 0.160 e. The van der Waals surface area contributed by atoms with Crippen LogP contribution in [0.1, 0.15) is 26.3 Å². The molecule has 0 fully saturated rings. The van der Waals surface area contributed by atoms with Gasteiger partial charge in [-0.15, -0.1) is 0 Å². The van der Waals surface area contributed by atoms with Crippen molar-refractivity contribution in [3.63, 3.8) is 0 Å². The fourth-order valence-electron chi connectivity index (χ4n) is 8.81. The fraction of sp³-hybridized carbons (Fsp3) is 0.0678. The second-order valence-corrected chi connectivity index (χ2v) is 17.4. The number of rotatable bonds is 7. The van der Waals surface area contributed by atoms with Crippen LogP contribution >= 0.6 is 0 Å². The highest BCUT2D eigenvalue weighted by Crippen LogP contribution is 2.38. The minimum Gasteiger partial charge on any atom is -0.264 e. The van der Waals surface area contributed by atoms with Crippen molar-refractivity contribution in [1.29, 1.82) is 0 Å². The van der Waals surface area contributed by atoms with Crippen LogP contribution < -0.4 is 0 Å². The highest BCUT2D eigenvalue weighted by Gasteiger charge is 2.21. The van der Waals surface area contributed by atoms with Crippen molar-refractivity contribution in [2.75, 3.05) is 0 Å². The van der Waals surface area contributed by atoms with Gasteiger partial charge in [0.1, 0.15) is 0 Å². The van der Waals surface area contributed by atoms with Gasteiger partial charge in [0.15, 0.2) is 5.82 Å². The number of benzene rings is 7. The summed E-state index contributed by atoms with van der Waals surface area (Å²) in [5, 5.41) is 4.47. The maximum absolute atomic E-state index is 5.36. The second kappa shape index (κ2) is 16.0. The van der Waals surface area contributed by atoms with Crippen LogP contribution in [-0.4, -0.2) is 24.9 Å². The van der Waals surface area contributed by atoms with Gasteiger partial charge in [-0.3, -0.25) is 4.98 Å². The summed E-state index contributed by atoms with van der Waals surface area (Å²) in [4.78, 5) is 25.4. The average molecular weight is 822 g/mol. The van der Waals surface area contributed by atoms with Gasteiger partial charge in [0, 0.05) is 56.4 Å². The first-order valence-electron chi connectivity index (χ1n) is 21.7. The fourth-order valence-corrected chi connectivity index (χ4v) is 8.81. The summed E-state index contributed by atoms with van der Waals surface area (Å²) in [6, 6.07) is 68.0. The van der Waals surface area contributed by atoms with Gasteiger partial charge in [-0.1, -0.05) is 172 Å². The van der Waals surface area contributed by atoms with Crippen molar-refractivity contribution < 1.29 is 0 Å². The lowest BCUT2D eigenvalue weighted by atomic mass is 9.83. The highest BCUT2D eigenvalue weighted by molar-refractivity contribution is 6.06. The summed E-state index contributed by atoms with van der Waals surface area (Å²) in [5.41, 5.74) is 16.1. The van der Waals surface area contributed by atoms with Crippen molar-refractivity contribution in [2.45, 2.75) is 26.2 Å². The number of nitrogens with zero attached hydrogens (tertiary/aromatic N) is 5. The average Bonchev–Trinajstić information content (AvgIpc) is 3.36. The Labute approximate surface area is 372 Å². The van der Waals surface area contributed by atoms with Crippen molar-refractivity contribution in [3.8, 4) is 78.7 Å². The van der Waals surface area contributed by atoms with Crippen LogP contribution in [0.25, 0.3) is 111 Å². The molecule has 0 radical (unpaired) electrons. The highest BCUT2D eigenvalue weighted by atomic mass is 14.9. The Morgan fingerprint density at radius 1 is 0.344 bits per heavy atom. The molecule has 4 heterocycles. The number of hydrogen-bond donors (Lipinski definition) is 0. The molecule has 11 aromatic rings. The molecule has 5 nitrogen and oxygen atoms in total. The molecule has 0 N–H and O–H groups in total. The molecular formula is C59H43N5. The molecule has 0 saturated heterocycles. The van der Waals surface area contributed by atoms with E-state index in [9.17, 15) is 0 Å². The molecule has 0 spiro atoms. The van der Waals surface area contributed by atoms with Crippen LogP contribution in [0, 0.1) is 0 Å². The number of pyridine rings is 3. The van der Waals surface area contributed by atoms with E-state index in [1.807, 2.05) is 24.5 Å². The molecule has 0 aliphatic carbocycles. The molecule has 0 atom stereocenters. The summed E-state index contributed by atoms with van der Waals surface area (Å²) < 4.78 is 0. The summed E-state index contributed by atoms with van der Waals surface area (Å²) in [7, 11) is 0. The van der Waals surface area contributed by atoms with E-state index in [4.69, 9.17) is 19.9 Å². The van der Waals surface area contributed by atoms with Crippen LogP contribution in [0.2, 0.25) is 0 Å². The molecule has 4 aromatic heterocycles. The molecule has 7 aromatic carbocycles. The third-order valence-electron chi connectivity index (χ3n) is 12.1. The molecule has 0 amide bonds. The maximum Gasteiger partial charge on any atom is 0.160 e. The number of hydrogen-bond acceptors (Lipinski definition) is 5. The van der Waals surface area contributed by atoms with Crippen molar-refractivity contribution in [2.24, 2.45) is 0 Å². The van der Waals surface area contributed by atoms with E-state index in [0.717, 1.165) is 105 Å². The quantitative estimate of drug-likeness (QED) is 0.150. The van der Waals surface area contributed by atoms with E-state index < -0.39 is 0 Å². The van der Waals surface area contributed by atoms with Crippen molar-refractivity contribution in [3.05, 3.63) is 212 Å². The molecule has 0 unspecified atom stereocenters. The Bertz CT molecular complexity index is 3530. The van der Waals surface area contributed by atoms with E-state index in [-0.39, 0.29) is 5.41 Å². The standard InChI is InChI=1S/C59H43N5/c1-59(2,3)51-35-53(38-14-6-4-7-15-38)62-57-50(51)28-26-40-27-29-52(61-56(40)57)44-21-10-18-41(32-44)42-19-11-23-46(33-42)58-63-54(39-16-8-5-9-17-39)36-55(64-58)45-22-12-20-43(34-45)48-25-13-24-47-37-60-31-30-49(47)48/h4-37H,1-3H3. The summed E-state index contributed by atoms with van der Waals surface area (Å²) in [5.74, 6) is 0.663. The van der Waals surface area contributed by atoms with E-state index in [2.05, 4.69) is 208 Å². The van der Waals surface area contributed by atoms with Gasteiger partial charge >= 0.3 is 0 Å². The zero-order chi connectivity index (χ0) is 43.2. The molecule has 0 saturated carbocycles. The van der Waals surface area contributed by atoms with E-state index >= 15 is 0 Å². The van der Waals surface area contributed by atoms with Gasteiger partial charge in [-0.05, 0) is 81.1 Å². The predicted molar refractivity (Wildman–Crippen MR) is 265 cm³/mol. The predicted octanol–water partition coefficient (Wildman–Crippen LogP) is 15.1. The zero-order valence-corrected chi connectivity index (χ0v) is 35.9. The summed E-state index contributed by atoms with van der Waals surface area (Å²) >= 11 is 0. The lowest BCUT2D eigenvalue weighted by Gasteiger charge is -2.23. The monoisotopic (exact) mass is 821 g/mol. The molecule has 0 aliphatic rings. The number of aromatic nitrogens is 5. The minimum atomic E-state index is -0.0875. The van der Waals surface area contributed by atoms with Gasteiger partial charge < -0.3 is 0 Å². The lowest BCUT2D eigenvalue weighted by molar-refractivity contribution is 0.595. The van der Waals surface area contributed by atoms with Gasteiger partial charge in [0.05, 0.1) is 33.8 Å². The SMILES string of the molecule is CC(C)(C)c1cc(-c2ccccc2)nc2c1ccc1ccc(-c3cccc(-c4cccc(-c5nc(-c6ccccc6)cc(-c6cccc(-c7cccc8cnccc78)c6)n5)c4)c3)nc12. The minimum absolute atomic E-state index is 0.0875. The Morgan fingerprint density at radius 3 is 1.61 bits per heavy atom. The van der Waals surface area contributed by atoms with Crippen molar-refractivity contribution in [1.82, 2.24) is 24.9 Å². The molecular weight excluding hydrogens is 779 g/mol. The van der Waals surface area contributed by atoms with Gasteiger partial charge in [-0.2, -0.15) is 0 Å². The third-order valence-corrected chi connectivity index (χ3v) is 12.1. The Balaban J connectivity index is 0.988. The normalized spacial score (nSPS) is 11.7. The Hall–Kier alpha value is -8.15. The van der Waals surface area contributed by atoms with Gasteiger partial charge in [0.2, 0.25) is 0 Å². The first-order valence-corrected chi connectivity index (χ1v) is 21.7. The van der Waals surface area contributed by atoms with Crippen LogP contribution in [0.15, 0.2) is 207 Å².